The molecule has 0 aliphatic heterocycles. The number of carbonyl (C=O) groups excluding carboxylic acids is 1. The molecule has 74 valence electrons. The molecular weight excluding hydrogens is 182 g/mol. The summed E-state index contributed by atoms with van der Waals surface area (Å²) in [5.74, 6) is 0.241. The number of nitrogens with zero attached hydrogens (tertiary/aromatic N) is 2. The summed E-state index contributed by atoms with van der Waals surface area (Å²) in [6.07, 6.45) is 2.59. The quantitative estimate of drug-likeness (QED) is 0.698. The van der Waals surface area contributed by atoms with Crippen LogP contribution in [0.15, 0.2) is 25.0 Å². The molecule has 1 amide bonds. The van der Waals surface area contributed by atoms with Gasteiger partial charge in [-0.25, -0.2) is 9.97 Å². The number of methoxy groups -OCH3 is 1. The minimum absolute atomic E-state index is 0.234. The molecule has 1 aromatic rings. The van der Waals surface area contributed by atoms with E-state index in [-0.39, 0.29) is 5.91 Å². The van der Waals surface area contributed by atoms with Crippen molar-refractivity contribution in [3.63, 3.8) is 0 Å². The number of rotatable bonds is 4. The van der Waals surface area contributed by atoms with Crippen molar-refractivity contribution in [2.24, 2.45) is 0 Å². The molecule has 0 radical (unpaired) electrons. The number of hydrogen-bond acceptors (Lipinski definition) is 4. The second-order valence-corrected chi connectivity index (χ2v) is 2.47. The molecule has 0 aliphatic carbocycles. The van der Waals surface area contributed by atoms with Crippen molar-refractivity contribution >= 4 is 5.91 Å². The predicted molar refractivity (Wildman–Crippen MR) is 50.6 cm³/mol. The lowest BCUT2D eigenvalue weighted by molar-refractivity contribution is -0.116. The van der Waals surface area contributed by atoms with Gasteiger partial charge in [-0.1, -0.05) is 6.58 Å². The number of aromatic nitrogens is 2. The van der Waals surface area contributed by atoms with Crippen molar-refractivity contribution in [2.75, 3.05) is 7.11 Å². The Hall–Kier alpha value is -1.91. The number of nitrogens with one attached hydrogen (secondary N) is 1. The van der Waals surface area contributed by atoms with Crippen LogP contribution in [0.1, 0.15) is 5.69 Å². The monoisotopic (exact) mass is 193 g/mol. The molecule has 5 nitrogen and oxygen atoms in total. The SMILES string of the molecule is C=CC(=O)NCc1cc(OC)ncn1. The maximum atomic E-state index is 10.8. The van der Waals surface area contributed by atoms with E-state index >= 15 is 0 Å². The Morgan fingerprint density at radius 3 is 3.14 bits per heavy atom. The summed E-state index contributed by atoms with van der Waals surface area (Å²) >= 11 is 0. The molecule has 0 fully saturated rings. The largest absolute Gasteiger partial charge is 0.481 e. The van der Waals surface area contributed by atoms with E-state index in [1.54, 1.807) is 6.07 Å². The Bertz CT molecular complexity index is 339. The van der Waals surface area contributed by atoms with Crippen molar-refractivity contribution in [2.45, 2.75) is 6.54 Å². The van der Waals surface area contributed by atoms with Crippen LogP contribution in [-0.4, -0.2) is 23.0 Å². The normalized spacial score (nSPS) is 9.21. The third-order valence-electron chi connectivity index (χ3n) is 1.54. The Labute approximate surface area is 81.8 Å². The minimum atomic E-state index is -0.234. The van der Waals surface area contributed by atoms with E-state index in [2.05, 4.69) is 21.9 Å². The maximum absolute atomic E-state index is 10.8. The van der Waals surface area contributed by atoms with E-state index in [1.807, 2.05) is 0 Å². The van der Waals surface area contributed by atoms with Gasteiger partial charge in [0.2, 0.25) is 11.8 Å². The lowest BCUT2D eigenvalue weighted by Gasteiger charge is -2.02. The highest BCUT2D eigenvalue weighted by Crippen LogP contribution is 2.04. The van der Waals surface area contributed by atoms with Gasteiger partial charge in [-0.15, -0.1) is 0 Å². The minimum Gasteiger partial charge on any atom is -0.481 e. The van der Waals surface area contributed by atoms with Crippen LogP contribution in [0.4, 0.5) is 0 Å². The second kappa shape index (κ2) is 4.96. The highest BCUT2D eigenvalue weighted by atomic mass is 16.5. The lowest BCUT2D eigenvalue weighted by atomic mass is 10.4. The fraction of sp³-hybridized carbons (Fsp3) is 0.222. The molecule has 0 spiro atoms. The standard InChI is InChI=1S/C9H11N3O2/c1-3-8(13)10-5-7-4-9(14-2)12-6-11-7/h3-4,6H,1,5H2,2H3,(H,10,13). The Kier molecular flexibility index (Phi) is 3.60. The number of hydrogen-bond donors (Lipinski definition) is 1. The van der Waals surface area contributed by atoms with Gasteiger partial charge in [0, 0.05) is 6.07 Å². The molecule has 0 aliphatic rings. The summed E-state index contributed by atoms with van der Waals surface area (Å²) in [5.41, 5.74) is 0.687. The highest BCUT2D eigenvalue weighted by Gasteiger charge is 1.99. The number of carbonyl (C=O) groups is 1. The second-order valence-electron chi connectivity index (χ2n) is 2.47. The predicted octanol–water partition coefficient (Wildman–Crippen LogP) is 0.287. The zero-order valence-corrected chi connectivity index (χ0v) is 7.86. The summed E-state index contributed by atoms with van der Waals surface area (Å²) in [4.78, 5) is 18.6. The first-order valence-electron chi connectivity index (χ1n) is 4.01. The Morgan fingerprint density at radius 1 is 1.71 bits per heavy atom. The lowest BCUT2D eigenvalue weighted by Crippen LogP contribution is -2.20. The van der Waals surface area contributed by atoms with E-state index in [4.69, 9.17) is 4.74 Å². The molecule has 1 heterocycles. The van der Waals surface area contributed by atoms with E-state index in [0.717, 1.165) is 0 Å². The average Bonchev–Trinajstić information content (AvgIpc) is 2.26. The third kappa shape index (κ3) is 2.85. The summed E-state index contributed by atoms with van der Waals surface area (Å²) in [6, 6.07) is 1.66. The third-order valence-corrected chi connectivity index (χ3v) is 1.54. The smallest absolute Gasteiger partial charge is 0.243 e. The molecule has 0 saturated heterocycles. The van der Waals surface area contributed by atoms with Gasteiger partial charge in [0.05, 0.1) is 19.3 Å². The van der Waals surface area contributed by atoms with Gasteiger partial charge in [0.25, 0.3) is 0 Å². The summed E-state index contributed by atoms with van der Waals surface area (Å²) in [6.45, 7) is 3.67. The molecule has 14 heavy (non-hydrogen) atoms. The first-order chi connectivity index (χ1) is 6.76. The summed E-state index contributed by atoms with van der Waals surface area (Å²) < 4.78 is 4.90. The van der Waals surface area contributed by atoms with Crippen molar-refractivity contribution in [1.82, 2.24) is 15.3 Å². The van der Waals surface area contributed by atoms with Crippen LogP contribution in [0.2, 0.25) is 0 Å². The molecule has 5 heteroatoms. The molecule has 0 unspecified atom stereocenters. The van der Waals surface area contributed by atoms with Gasteiger partial charge < -0.3 is 10.1 Å². The van der Waals surface area contributed by atoms with Gasteiger partial charge in [0.15, 0.2) is 0 Å². The summed E-state index contributed by atoms with van der Waals surface area (Å²) in [5, 5.41) is 2.60. The zero-order chi connectivity index (χ0) is 10.4. The van der Waals surface area contributed by atoms with Crippen LogP contribution in [0.3, 0.4) is 0 Å². The number of ether oxygens (including phenoxy) is 1. The highest BCUT2D eigenvalue weighted by molar-refractivity contribution is 5.86. The van der Waals surface area contributed by atoms with Gasteiger partial charge in [-0.2, -0.15) is 0 Å². The first-order valence-corrected chi connectivity index (χ1v) is 4.01. The summed E-state index contributed by atoms with van der Waals surface area (Å²) in [7, 11) is 1.52. The molecule has 1 rings (SSSR count). The van der Waals surface area contributed by atoms with Crippen molar-refractivity contribution in [3.8, 4) is 5.88 Å². The van der Waals surface area contributed by atoms with Crippen LogP contribution in [0.5, 0.6) is 5.88 Å². The van der Waals surface area contributed by atoms with Crippen molar-refractivity contribution < 1.29 is 9.53 Å². The number of amides is 1. The molecule has 1 aromatic heterocycles. The van der Waals surface area contributed by atoms with E-state index in [0.29, 0.717) is 18.1 Å². The fourth-order valence-corrected chi connectivity index (χ4v) is 0.835. The van der Waals surface area contributed by atoms with Crippen LogP contribution in [-0.2, 0) is 11.3 Å². The molecular formula is C9H11N3O2. The van der Waals surface area contributed by atoms with Crippen LogP contribution in [0, 0.1) is 0 Å². The van der Waals surface area contributed by atoms with Crippen molar-refractivity contribution in [3.05, 3.63) is 30.7 Å². The van der Waals surface area contributed by atoms with Gasteiger partial charge in [-0.05, 0) is 6.08 Å². The Morgan fingerprint density at radius 2 is 2.50 bits per heavy atom. The zero-order valence-electron chi connectivity index (χ0n) is 7.86. The van der Waals surface area contributed by atoms with Crippen molar-refractivity contribution in [1.29, 1.82) is 0 Å². The van der Waals surface area contributed by atoms with E-state index in [9.17, 15) is 4.79 Å². The molecule has 0 aromatic carbocycles. The van der Waals surface area contributed by atoms with Crippen LogP contribution < -0.4 is 10.1 Å². The van der Waals surface area contributed by atoms with Gasteiger partial charge in [0.1, 0.15) is 6.33 Å². The Balaban J connectivity index is 2.58. The molecule has 0 bridgehead atoms. The van der Waals surface area contributed by atoms with Gasteiger partial charge >= 0.3 is 0 Å². The average molecular weight is 193 g/mol. The van der Waals surface area contributed by atoms with Gasteiger partial charge in [-0.3, -0.25) is 4.79 Å². The van der Waals surface area contributed by atoms with Crippen LogP contribution in [0.25, 0.3) is 0 Å². The first kappa shape index (κ1) is 10.2. The molecule has 0 atom stereocenters. The van der Waals surface area contributed by atoms with E-state index < -0.39 is 0 Å². The molecule has 0 saturated carbocycles. The maximum Gasteiger partial charge on any atom is 0.243 e. The topological polar surface area (TPSA) is 64.1 Å². The van der Waals surface area contributed by atoms with E-state index in [1.165, 1.54) is 19.5 Å². The van der Waals surface area contributed by atoms with Crippen LogP contribution >= 0.6 is 0 Å². The fourth-order valence-electron chi connectivity index (χ4n) is 0.835. The molecule has 1 N–H and O–H groups in total.